The van der Waals surface area contributed by atoms with Crippen LogP contribution in [0.15, 0.2) is 14.8 Å². The molecule has 2 aromatic rings. The van der Waals surface area contributed by atoms with Gasteiger partial charge in [0.2, 0.25) is 11.0 Å². The van der Waals surface area contributed by atoms with E-state index in [9.17, 15) is 9.59 Å². The van der Waals surface area contributed by atoms with Crippen molar-refractivity contribution in [1.29, 1.82) is 0 Å². The van der Waals surface area contributed by atoms with Crippen LogP contribution in [0.25, 0.3) is 0 Å². The van der Waals surface area contributed by atoms with Crippen LogP contribution in [0.4, 0.5) is 5.13 Å². The topological polar surface area (TPSA) is 99.0 Å². The number of amides is 1. The lowest BCUT2D eigenvalue weighted by Crippen LogP contribution is -2.27. The van der Waals surface area contributed by atoms with Crippen molar-refractivity contribution in [2.24, 2.45) is 0 Å². The molecule has 1 amide bonds. The highest BCUT2D eigenvalue weighted by atomic mass is 32.2. The number of hydrogen-bond donors (Lipinski definition) is 1. The highest BCUT2D eigenvalue weighted by Gasteiger charge is 2.26. The van der Waals surface area contributed by atoms with Crippen LogP contribution in [-0.2, 0) is 28.9 Å². The lowest BCUT2D eigenvalue weighted by molar-refractivity contribution is -0.113. The molecule has 1 aliphatic heterocycles. The third kappa shape index (κ3) is 4.89. The summed E-state index contributed by atoms with van der Waals surface area (Å²) in [5.41, 5.74) is 0.775. The van der Waals surface area contributed by atoms with Gasteiger partial charge in [-0.1, -0.05) is 36.9 Å². The molecule has 0 radical (unpaired) electrons. The van der Waals surface area contributed by atoms with Crippen LogP contribution in [0.3, 0.4) is 0 Å². The van der Waals surface area contributed by atoms with Crippen molar-refractivity contribution in [3.63, 3.8) is 0 Å². The Bertz CT molecular complexity index is 883. The van der Waals surface area contributed by atoms with Crippen LogP contribution in [0.5, 0.6) is 0 Å². The number of fused-ring (bicyclic) bond motifs is 1. The lowest BCUT2D eigenvalue weighted by atomic mass is 10.2. The predicted octanol–water partition coefficient (Wildman–Crippen LogP) is 2.07. The second-order valence-electron chi connectivity index (χ2n) is 5.94. The van der Waals surface area contributed by atoms with Gasteiger partial charge in [-0.3, -0.25) is 19.5 Å². The standard InChI is InChI=1S/C16H21N5O3S3/c1-4-12-19-20-15(27-12)18-11(22)8-25-16-17-10-7-9(2)26-13(10)14(23)21(16)5-6-24-3/h9H,4-8H2,1-3H3,(H,18,20,22). The van der Waals surface area contributed by atoms with E-state index < -0.39 is 0 Å². The molecule has 0 aliphatic carbocycles. The molecule has 11 heteroatoms. The number of hydrogen-bond acceptors (Lipinski definition) is 9. The Balaban J connectivity index is 1.73. The van der Waals surface area contributed by atoms with Gasteiger partial charge in [-0.15, -0.1) is 22.0 Å². The Morgan fingerprint density at radius 1 is 1.44 bits per heavy atom. The highest BCUT2D eigenvalue weighted by Crippen LogP contribution is 2.34. The molecular formula is C16H21N5O3S3. The summed E-state index contributed by atoms with van der Waals surface area (Å²) in [6.45, 7) is 4.88. The fourth-order valence-electron chi connectivity index (χ4n) is 2.55. The fourth-order valence-corrected chi connectivity index (χ4v) is 5.21. The molecule has 0 fully saturated rings. The SMILES string of the molecule is CCc1nnc(NC(=O)CSc2nc3c(c(=O)n2CCOC)SC(C)C3)s1. The largest absolute Gasteiger partial charge is 0.383 e. The summed E-state index contributed by atoms with van der Waals surface area (Å²) in [5, 5.41) is 12.9. The minimum atomic E-state index is -0.199. The average molecular weight is 428 g/mol. The molecule has 1 unspecified atom stereocenters. The van der Waals surface area contributed by atoms with E-state index >= 15 is 0 Å². The van der Waals surface area contributed by atoms with Gasteiger partial charge in [0.15, 0.2) is 5.16 Å². The number of aromatic nitrogens is 4. The van der Waals surface area contributed by atoms with E-state index in [2.05, 4.69) is 27.4 Å². The van der Waals surface area contributed by atoms with Gasteiger partial charge in [-0.2, -0.15) is 0 Å². The van der Waals surface area contributed by atoms with Crippen molar-refractivity contribution in [1.82, 2.24) is 19.7 Å². The van der Waals surface area contributed by atoms with Gasteiger partial charge in [0.25, 0.3) is 5.56 Å². The van der Waals surface area contributed by atoms with E-state index in [-0.39, 0.29) is 17.2 Å². The Kier molecular flexibility index (Phi) is 6.90. The first-order chi connectivity index (χ1) is 13.0. The monoisotopic (exact) mass is 427 g/mol. The van der Waals surface area contributed by atoms with Gasteiger partial charge in [0.1, 0.15) is 5.01 Å². The number of thioether (sulfide) groups is 2. The first kappa shape index (κ1) is 20.3. The number of rotatable bonds is 8. The molecule has 1 N–H and O–H groups in total. The number of nitrogens with one attached hydrogen (secondary N) is 1. The molecule has 0 saturated heterocycles. The summed E-state index contributed by atoms with van der Waals surface area (Å²) < 4.78 is 6.72. The first-order valence-corrected chi connectivity index (χ1v) is 11.2. The van der Waals surface area contributed by atoms with Crippen molar-refractivity contribution < 1.29 is 9.53 Å². The average Bonchev–Trinajstić information content (AvgIpc) is 3.25. The number of carbonyl (C=O) groups is 1. The van der Waals surface area contributed by atoms with Gasteiger partial charge < -0.3 is 4.74 Å². The molecule has 8 nitrogen and oxygen atoms in total. The van der Waals surface area contributed by atoms with Crippen LogP contribution in [-0.4, -0.2) is 50.4 Å². The molecular weight excluding hydrogens is 406 g/mol. The molecule has 0 saturated carbocycles. The fraction of sp³-hybridized carbons (Fsp3) is 0.562. The first-order valence-electron chi connectivity index (χ1n) is 8.56. The Morgan fingerprint density at radius 3 is 2.96 bits per heavy atom. The summed E-state index contributed by atoms with van der Waals surface area (Å²) in [4.78, 5) is 30.4. The summed E-state index contributed by atoms with van der Waals surface area (Å²) >= 11 is 4.18. The van der Waals surface area contributed by atoms with Gasteiger partial charge in [0.05, 0.1) is 29.5 Å². The van der Waals surface area contributed by atoms with Crippen LogP contribution in [0.1, 0.15) is 24.5 Å². The maximum atomic E-state index is 12.8. The molecule has 1 atom stereocenters. The van der Waals surface area contributed by atoms with Crippen molar-refractivity contribution in [2.75, 3.05) is 24.8 Å². The maximum absolute atomic E-state index is 12.8. The molecule has 0 aromatic carbocycles. The highest BCUT2D eigenvalue weighted by molar-refractivity contribution is 8.00. The van der Waals surface area contributed by atoms with E-state index in [4.69, 9.17) is 4.74 Å². The zero-order valence-corrected chi connectivity index (χ0v) is 17.8. The molecule has 2 aromatic heterocycles. The second kappa shape index (κ2) is 9.18. The molecule has 27 heavy (non-hydrogen) atoms. The normalized spacial score (nSPS) is 15.7. The minimum absolute atomic E-state index is 0.0500. The van der Waals surface area contributed by atoms with E-state index in [1.807, 2.05) is 6.92 Å². The number of anilines is 1. The summed E-state index contributed by atoms with van der Waals surface area (Å²) in [5.74, 6) is -0.0586. The van der Waals surface area contributed by atoms with Crippen LogP contribution in [0.2, 0.25) is 0 Å². The summed E-state index contributed by atoms with van der Waals surface area (Å²) in [6.07, 6.45) is 1.55. The number of ether oxygens (including phenoxy) is 1. The molecule has 3 rings (SSSR count). The molecule has 0 spiro atoms. The number of carbonyl (C=O) groups excluding carboxylic acids is 1. The van der Waals surface area contributed by atoms with Gasteiger partial charge in [-0.05, 0) is 6.42 Å². The quantitative estimate of drug-likeness (QED) is 0.505. The molecule has 0 bridgehead atoms. The predicted molar refractivity (Wildman–Crippen MR) is 108 cm³/mol. The summed E-state index contributed by atoms with van der Waals surface area (Å²) in [6, 6.07) is 0. The van der Waals surface area contributed by atoms with Crippen LogP contribution < -0.4 is 10.9 Å². The lowest BCUT2D eigenvalue weighted by Gasteiger charge is -2.13. The Labute approximate surface area is 169 Å². The van der Waals surface area contributed by atoms with E-state index in [1.165, 1.54) is 23.1 Å². The van der Waals surface area contributed by atoms with Crippen molar-refractivity contribution >= 4 is 45.9 Å². The smallest absolute Gasteiger partial charge is 0.268 e. The summed E-state index contributed by atoms with van der Waals surface area (Å²) in [7, 11) is 1.59. The second-order valence-corrected chi connectivity index (χ2v) is 9.40. The van der Waals surface area contributed by atoms with E-state index in [1.54, 1.807) is 23.4 Å². The van der Waals surface area contributed by atoms with Gasteiger partial charge in [-0.25, -0.2) is 4.98 Å². The molecule has 3 heterocycles. The van der Waals surface area contributed by atoms with E-state index in [0.717, 1.165) is 23.5 Å². The van der Waals surface area contributed by atoms with E-state index in [0.29, 0.717) is 33.6 Å². The van der Waals surface area contributed by atoms with Crippen molar-refractivity contribution in [2.45, 2.75) is 48.5 Å². The number of aryl methyl sites for hydroxylation is 1. The van der Waals surface area contributed by atoms with Crippen LogP contribution in [0, 0.1) is 0 Å². The third-order valence-corrected chi connectivity index (χ3v) is 7.00. The van der Waals surface area contributed by atoms with Gasteiger partial charge >= 0.3 is 0 Å². The van der Waals surface area contributed by atoms with Crippen molar-refractivity contribution in [3.05, 3.63) is 21.1 Å². The third-order valence-electron chi connectivity index (χ3n) is 3.83. The Hall–Kier alpha value is -1.43. The van der Waals surface area contributed by atoms with Crippen LogP contribution >= 0.6 is 34.9 Å². The van der Waals surface area contributed by atoms with Crippen molar-refractivity contribution in [3.8, 4) is 0 Å². The molecule has 146 valence electrons. The zero-order chi connectivity index (χ0) is 19.4. The number of nitrogens with zero attached hydrogens (tertiary/aromatic N) is 4. The maximum Gasteiger partial charge on any atom is 0.268 e. The number of methoxy groups -OCH3 is 1. The minimum Gasteiger partial charge on any atom is -0.383 e. The Morgan fingerprint density at radius 2 is 2.26 bits per heavy atom. The molecule has 1 aliphatic rings. The zero-order valence-electron chi connectivity index (χ0n) is 15.4. The van der Waals surface area contributed by atoms with Gasteiger partial charge in [0, 0.05) is 18.8 Å².